The van der Waals surface area contributed by atoms with Crippen LogP contribution in [0.3, 0.4) is 0 Å². The Morgan fingerprint density at radius 3 is 2.00 bits per heavy atom. The van der Waals surface area contributed by atoms with Gasteiger partial charge in [-0.1, -0.05) is 30.3 Å². The molecular weight excluding hydrogens is 266 g/mol. The van der Waals surface area contributed by atoms with Gasteiger partial charge in [-0.05, 0) is 30.2 Å². The van der Waals surface area contributed by atoms with E-state index in [0.717, 1.165) is 6.42 Å². The summed E-state index contributed by atoms with van der Waals surface area (Å²) >= 11 is 0. The van der Waals surface area contributed by atoms with Gasteiger partial charge in [0.2, 0.25) is 11.8 Å². The van der Waals surface area contributed by atoms with Gasteiger partial charge in [0, 0.05) is 23.4 Å². The summed E-state index contributed by atoms with van der Waals surface area (Å²) in [4.78, 5) is 22.5. The summed E-state index contributed by atoms with van der Waals surface area (Å²) in [7, 11) is 0. The maximum Gasteiger partial charge on any atom is 0.248 e. The number of nitrogens with one attached hydrogen (secondary N) is 1. The zero-order chi connectivity index (χ0) is 15.2. The molecule has 0 saturated heterocycles. The monoisotopic (exact) mass is 283 g/mol. The summed E-state index contributed by atoms with van der Waals surface area (Å²) in [5.41, 5.74) is 12.9. The van der Waals surface area contributed by atoms with Gasteiger partial charge >= 0.3 is 0 Å². The van der Waals surface area contributed by atoms with Crippen LogP contribution < -0.4 is 16.8 Å². The second-order valence-electron chi connectivity index (χ2n) is 4.69. The highest BCUT2D eigenvalue weighted by Crippen LogP contribution is 2.15. The molecule has 2 aromatic rings. The topological polar surface area (TPSA) is 98.2 Å². The molecule has 0 radical (unpaired) electrons. The fourth-order valence-corrected chi connectivity index (χ4v) is 2.01. The van der Waals surface area contributed by atoms with E-state index in [0.29, 0.717) is 12.2 Å². The van der Waals surface area contributed by atoms with Crippen molar-refractivity contribution in [3.63, 3.8) is 0 Å². The Bertz CT molecular complexity index is 622. The molecule has 5 nitrogen and oxygen atoms in total. The summed E-state index contributed by atoms with van der Waals surface area (Å²) < 4.78 is 0. The molecule has 0 bridgehead atoms. The van der Waals surface area contributed by atoms with E-state index < -0.39 is 11.8 Å². The lowest BCUT2D eigenvalue weighted by molar-refractivity contribution is 0.0999. The Morgan fingerprint density at radius 2 is 1.48 bits per heavy atom. The number of anilines is 1. The molecule has 0 spiro atoms. The third-order valence-corrected chi connectivity index (χ3v) is 3.09. The van der Waals surface area contributed by atoms with Gasteiger partial charge in [-0.15, -0.1) is 0 Å². The molecule has 108 valence electrons. The van der Waals surface area contributed by atoms with Crippen molar-refractivity contribution < 1.29 is 9.59 Å². The molecule has 0 heterocycles. The van der Waals surface area contributed by atoms with Crippen LogP contribution in [0.5, 0.6) is 0 Å². The van der Waals surface area contributed by atoms with Crippen molar-refractivity contribution in [1.29, 1.82) is 0 Å². The third-order valence-electron chi connectivity index (χ3n) is 3.09. The molecule has 2 rings (SSSR count). The van der Waals surface area contributed by atoms with E-state index >= 15 is 0 Å². The first kappa shape index (κ1) is 14.6. The van der Waals surface area contributed by atoms with E-state index in [9.17, 15) is 9.59 Å². The average Bonchev–Trinajstić information content (AvgIpc) is 2.48. The molecule has 0 aliphatic carbocycles. The molecule has 0 unspecified atom stereocenters. The number of carbonyl (C=O) groups is 2. The molecule has 2 amide bonds. The largest absolute Gasteiger partial charge is 0.385 e. The van der Waals surface area contributed by atoms with Gasteiger partial charge in [0.15, 0.2) is 0 Å². The average molecular weight is 283 g/mol. The predicted octanol–water partition coefficient (Wildman–Crippen LogP) is 1.54. The summed E-state index contributed by atoms with van der Waals surface area (Å²) in [5, 5.41) is 3.17. The standard InChI is InChI=1S/C16H17N3O2/c17-15(20)12-8-13(16(18)21)10-14(9-12)19-7-6-11-4-2-1-3-5-11/h1-5,8-10,19H,6-7H2,(H2,17,20)(H2,18,21). The summed E-state index contributed by atoms with van der Waals surface area (Å²) in [6, 6.07) is 14.6. The lowest BCUT2D eigenvalue weighted by atomic mass is 10.1. The Morgan fingerprint density at radius 1 is 0.905 bits per heavy atom. The van der Waals surface area contributed by atoms with Crippen LogP contribution in [0, 0.1) is 0 Å². The molecule has 5 heteroatoms. The molecule has 2 aromatic carbocycles. The minimum Gasteiger partial charge on any atom is -0.385 e. The minimum absolute atomic E-state index is 0.258. The second kappa shape index (κ2) is 6.56. The van der Waals surface area contributed by atoms with Crippen molar-refractivity contribution in [3.8, 4) is 0 Å². The highest BCUT2D eigenvalue weighted by molar-refractivity contribution is 5.99. The normalized spacial score (nSPS) is 10.1. The second-order valence-corrected chi connectivity index (χ2v) is 4.69. The van der Waals surface area contributed by atoms with Crippen LogP contribution in [-0.4, -0.2) is 18.4 Å². The number of carbonyl (C=O) groups excluding carboxylic acids is 2. The molecule has 0 fully saturated rings. The number of rotatable bonds is 6. The Balaban J connectivity index is 2.08. The first-order chi connectivity index (χ1) is 10.1. The molecular formula is C16H17N3O2. The van der Waals surface area contributed by atoms with E-state index in [4.69, 9.17) is 11.5 Å². The number of amides is 2. The SMILES string of the molecule is NC(=O)c1cc(NCCc2ccccc2)cc(C(N)=O)c1. The summed E-state index contributed by atoms with van der Waals surface area (Å²) in [6.07, 6.45) is 0.827. The Hall–Kier alpha value is -2.82. The molecule has 21 heavy (non-hydrogen) atoms. The molecule has 0 atom stereocenters. The van der Waals surface area contributed by atoms with E-state index in [2.05, 4.69) is 5.32 Å². The third kappa shape index (κ3) is 4.07. The quantitative estimate of drug-likeness (QED) is 0.750. The fourth-order valence-electron chi connectivity index (χ4n) is 2.01. The lowest BCUT2D eigenvalue weighted by Gasteiger charge is -2.09. The number of nitrogens with two attached hydrogens (primary N) is 2. The van der Waals surface area contributed by atoms with Crippen molar-refractivity contribution in [3.05, 3.63) is 65.2 Å². The first-order valence-electron chi connectivity index (χ1n) is 6.59. The molecule has 5 N–H and O–H groups in total. The van der Waals surface area contributed by atoms with Crippen LogP contribution in [0.25, 0.3) is 0 Å². The summed E-state index contributed by atoms with van der Waals surface area (Å²) in [6.45, 7) is 0.671. The summed E-state index contributed by atoms with van der Waals surface area (Å²) in [5.74, 6) is -1.19. The molecule has 0 aromatic heterocycles. The van der Waals surface area contributed by atoms with Crippen molar-refractivity contribution in [2.75, 3.05) is 11.9 Å². The van der Waals surface area contributed by atoms with Crippen LogP contribution in [0.2, 0.25) is 0 Å². The van der Waals surface area contributed by atoms with Crippen LogP contribution >= 0.6 is 0 Å². The van der Waals surface area contributed by atoms with Gasteiger partial charge in [0.05, 0.1) is 0 Å². The van der Waals surface area contributed by atoms with Crippen LogP contribution in [0.15, 0.2) is 48.5 Å². The van der Waals surface area contributed by atoms with Gasteiger partial charge < -0.3 is 16.8 Å². The number of primary amides is 2. The zero-order valence-electron chi connectivity index (χ0n) is 11.5. The van der Waals surface area contributed by atoms with E-state index in [1.54, 1.807) is 12.1 Å². The molecule has 0 saturated carbocycles. The van der Waals surface area contributed by atoms with E-state index in [1.807, 2.05) is 30.3 Å². The van der Waals surface area contributed by atoms with Crippen LogP contribution in [-0.2, 0) is 6.42 Å². The lowest BCUT2D eigenvalue weighted by Crippen LogP contribution is -2.16. The maximum atomic E-state index is 11.3. The van der Waals surface area contributed by atoms with E-state index in [1.165, 1.54) is 11.6 Å². The zero-order valence-corrected chi connectivity index (χ0v) is 11.5. The number of benzene rings is 2. The number of hydrogen-bond acceptors (Lipinski definition) is 3. The Labute approximate surface area is 123 Å². The van der Waals surface area contributed by atoms with Crippen molar-refractivity contribution in [1.82, 2.24) is 0 Å². The van der Waals surface area contributed by atoms with E-state index in [-0.39, 0.29) is 11.1 Å². The Kier molecular flexibility index (Phi) is 4.56. The van der Waals surface area contributed by atoms with Gasteiger partial charge in [0.25, 0.3) is 0 Å². The van der Waals surface area contributed by atoms with Crippen molar-refractivity contribution >= 4 is 17.5 Å². The maximum absolute atomic E-state index is 11.3. The predicted molar refractivity (Wildman–Crippen MR) is 82.1 cm³/mol. The van der Waals surface area contributed by atoms with Gasteiger partial charge in [-0.3, -0.25) is 9.59 Å². The highest BCUT2D eigenvalue weighted by Gasteiger charge is 2.08. The van der Waals surface area contributed by atoms with Gasteiger partial charge in [0.1, 0.15) is 0 Å². The van der Waals surface area contributed by atoms with Crippen LogP contribution in [0.4, 0.5) is 5.69 Å². The molecule has 0 aliphatic heterocycles. The van der Waals surface area contributed by atoms with Crippen molar-refractivity contribution in [2.45, 2.75) is 6.42 Å². The minimum atomic E-state index is -0.593. The fraction of sp³-hybridized carbons (Fsp3) is 0.125. The van der Waals surface area contributed by atoms with Crippen molar-refractivity contribution in [2.24, 2.45) is 11.5 Å². The highest BCUT2D eigenvalue weighted by atomic mass is 16.1. The van der Waals surface area contributed by atoms with Crippen LogP contribution in [0.1, 0.15) is 26.3 Å². The molecule has 0 aliphatic rings. The van der Waals surface area contributed by atoms with Gasteiger partial charge in [-0.2, -0.15) is 0 Å². The number of hydrogen-bond donors (Lipinski definition) is 3. The smallest absolute Gasteiger partial charge is 0.248 e. The van der Waals surface area contributed by atoms with Gasteiger partial charge in [-0.25, -0.2) is 0 Å². The first-order valence-corrected chi connectivity index (χ1v) is 6.59.